The Morgan fingerprint density at radius 2 is 1.96 bits per heavy atom. The largest absolute Gasteiger partial charge is 0.469 e. The molecule has 2 aliphatic heterocycles. The molecule has 0 aromatic heterocycles. The van der Waals surface area contributed by atoms with Crippen molar-refractivity contribution in [2.75, 3.05) is 31.3 Å². The smallest absolute Gasteiger partial charge is 0.308 e. The van der Waals surface area contributed by atoms with E-state index in [0.717, 1.165) is 27.3 Å². The number of nitrogens with zero attached hydrogens (tertiary/aromatic N) is 2. The Morgan fingerprint density at radius 3 is 2.70 bits per heavy atom. The third-order valence-corrected chi connectivity index (χ3v) is 5.92. The first-order valence-corrected chi connectivity index (χ1v) is 10.00. The van der Waals surface area contributed by atoms with E-state index in [1.807, 2.05) is 29.2 Å². The number of aliphatic imine (C=N–C) groups is 1. The van der Waals surface area contributed by atoms with Gasteiger partial charge in [0.25, 0.3) is 0 Å². The van der Waals surface area contributed by atoms with Crippen LogP contribution in [0.5, 0.6) is 0 Å². The molecule has 2 aromatic rings. The van der Waals surface area contributed by atoms with E-state index in [-0.39, 0.29) is 17.8 Å². The Kier molecular flexibility index (Phi) is 5.03. The van der Waals surface area contributed by atoms with Gasteiger partial charge in [-0.2, -0.15) is 0 Å². The number of carbonyl (C=O) groups is 2. The van der Waals surface area contributed by atoms with Crippen LogP contribution in [0, 0.1) is 5.92 Å². The Labute approximate surface area is 162 Å². The van der Waals surface area contributed by atoms with E-state index in [2.05, 4.69) is 22.4 Å². The summed E-state index contributed by atoms with van der Waals surface area (Å²) in [7, 11) is 1.41. The van der Waals surface area contributed by atoms with Crippen molar-refractivity contribution in [3.63, 3.8) is 0 Å². The van der Waals surface area contributed by atoms with Crippen molar-refractivity contribution in [1.29, 1.82) is 0 Å². The molecule has 4 rings (SSSR count). The van der Waals surface area contributed by atoms with Crippen LogP contribution in [-0.2, 0) is 14.3 Å². The van der Waals surface area contributed by atoms with Gasteiger partial charge >= 0.3 is 5.97 Å². The van der Waals surface area contributed by atoms with Crippen molar-refractivity contribution in [3.8, 4) is 0 Å². The van der Waals surface area contributed by atoms with Crippen LogP contribution in [0.15, 0.2) is 41.4 Å². The molecule has 0 aliphatic carbocycles. The molecule has 1 fully saturated rings. The maximum atomic E-state index is 12.5. The summed E-state index contributed by atoms with van der Waals surface area (Å²) in [4.78, 5) is 30.6. The van der Waals surface area contributed by atoms with Gasteiger partial charge in [0.2, 0.25) is 5.91 Å². The molecule has 0 unspecified atom stereocenters. The van der Waals surface area contributed by atoms with Crippen LogP contribution in [0.2, 0.25) is 0 Å². The molecule has 1 amide bonds. The van der Waals surface area contributed by atoms with E-state index in [1.54, 1.807) is 0 Å². The summed E-state index contributed by atoms with van der Waals surface area (Å²) in [6.07, 6.45) is 1.33. The van der Waals surface area contributed by atoms with Gasteiger partial charge in [0.05, 0.1) is 30.2 Å². The number of amidine groups is 1. The summed E-state index contributed by atoms with van der Waals surface area (Å²) in [5.41, 5.74) is 1.95. The topological polar surface area (TPSA) is 71.0 Å². The maximum Gasteiger partial charge on any atom is 0.308 e. The Balaban J connectivity index is 1.37. The number of rotatable bonds is 3. The first-order valence-electron chi connectivity index (χ1n) is 9.01. The summed E-state index contributed by atoms with van der Waals surface area (Å²) in [6.45, 7) is 1.20. The zero-order chi connectivity index (χ0) is 18.8. The van der Waals surface area contributed by atoms with E-state index < -0.39 is 0 Å². The van der Waals surface area contributed by atoms with E-state index in [9.17, 15) is 9.59 Å². The predicted molar refractivity (Wildman–Crippen MR) is 108 cm³/mol. The average Bonchev–Trinajstić information content (AvgIpc) is 2.72. The average molecular weight is 383 g/mol. The van der Waals surface area contributed by atoms with Crippen molar-refractivity contribution in [2.45, 2.75) is 12.8 Å². The third-order valence-electron chi connectivity index (χ3n) is 5.06. The number of likely N-dealkylation sites (tertiary alicyclic amines) is 1. The predicted octanol–water partition coefficient (Wildman–Crippen LogP) is 3.40. The molecule has 6 nitrogen and oxygen atoms in total. The second-order valence-electron chi connectivity index (χ2n) is 6.69. The van der Waals surface area contributed by atoms with Gasteiger partial charge < -0.3 is 15.0 Å². The summed E-state index contributed by atoms with van der Waals surface area (Å²) in [5.74, 6) is 0.135. The van der Waals surface area contributed by atoms with Gasteiger partial charge in [-0.3, -0.25) is 9.59 Å². The molecule has 0 atom stereocenters. The molecule has 0 radical (unpaired) electrons. The number of benzene rings is 2. The van der Waals surface area contributed by atoms with Crippen LogP contribution in [0.4, 0.5) is 11.4 Å². The summed E-state index contributed by atoms with van der Waals surface area (Å²) in [5, 5.41) is 6.33. The van der Waals surface area contributed by atoms with E-state index in [1.165, 1.54) is 18.9 Å². The van der Waals surface area contributed by atoms with Gasteiger partial charge in [-0.05, 0) is 30.4 Å². The summed E-state index contributed by atoms with van der Waals surface area (Å²) in [6, 6.07) is 12.2. The van der Waals surface area contributed by atoms with Gasteiger partial charge in [0, 0.05) is 18.5 Å². The minimum absolute atomic E-state index is 0.0740. The van der Waals surface area contributed by atoms with E-state index >= 15 is 0 Å². The number of ether oxygens (including phenoxy) is 1. The van der Waals surface area contributed by atoms with Crippen LogP contribution in [0.3, 0.4) is 0 Å². The molecule has 27 heavy (non-hydrogen) atoms. The highest BCUT2D eigenvalue weighted by atomic mass is 32.2. The number of carbonyl (C=O) groups excluding carboxylic acids is 2. The second kappa shape index (κ2) is 7.60. The molecular formula is C20H21N3O3S. The summed E-state index contributed by atoms with van der Waals surface area (Å²) < 4.78 is 4.79. The Bertz CT molecular complexity index is 915. The highest BCUT2D eigenvalue weighted by molar-refractivity contribution is 8.14. The molecule has 0 spiro atoms. The number of anilines is 1. The van der Waals surface area contributed by atoms with Crippen molar-refractivity contribution in [2.24, 2.45) is 10.9 Å². The second-order valence-corrected chi connectivity index (χ2v) is 7.65. The molecule has 2 heterocycles. The van der Waals surface area contributed by atoms with Crippen molar-refractivity contribution >= 4 is 51.0 Å². The Morgan fingerprint density at radius 1 is 1.22 bits per heavy atom. The lowest BCUT2D eigenvalue weighted by atomic mass is 9.97. The maximum absolute atomic E-state index is 12.5. The monoisotopic (exact) mass is 383 g/mol. The number of esters is 1. The number of thioether (sulfide) groups is 1. The molecular weight excluding hydrogens is 362 g/mol. The molecule has 1 N–H and O–H groups in total. The fraction of sp³-hybridized carbons (Fsp3) is 0.350. The van der Waals surface area contributed by atoms with Gasteiger partial charge in [-0.25, -0.2) is 4.99 Å². The number of nitrogens with one attached hydrogen (secondary N) is 1. The van der Waals surface area contributed by atoms with Crippen LogP contribution in [0.25, 0.3) is 10.8 Å². The van der Waals surface area contributed by atoms with Crippen LogP contribution < -0.4 is 5.32 Å². The summed E-state index contributed by atoms with van der Waals surface area (Å²) >= 11 is 1.41. The van der Waals surface area contributed by atoms with E-state index in [0.29, 0.717) is 31.7 Å². The third kappa shape index (κ3) is 3.64. The lowest BCUT2D eigenvalue weighted by Gasteiger charge is -2.30. The number of hydrogen-bond donors (Lipinski definition) is 1. The fourth-order valence-corrected chi connectivity index (χ4v) is 4.38. The SMILES string of the molecule is COC(=O)C1CCN(C(=O)CSC2=Nc3cccc4cccc(c34)N2)CC1. The van der Waals surface area contributed by atoms with Crippen molar-refractivity contribution < 1.29 is 14.3 Å². The minimum Gasteiger partial charge on any atom is -0.469 e. The first-order chi connectivity index (χ1) is 13.2. The molecule has 7 heteroatoms. The molecule has 1 saturated heterocycles. The number of hydrogen-bond acceptors (Lipinski definition) is 6. The molecule has 2 aliphatic rings. The highest BCUT2D eigenvalue weighted by Gasteiger charge is 2.28. The lowest BCUT2D eigenvalue weighted by molar-refractivity contribution is -0.148. The molecule has 2 aromatic carbocycles. The number of amides is 1. The zero-order valence-electron chi connectivity index (χ0n) is 15.1. The van der Waals surface area contributed by atoms with Crippen LogP contribution in [0.1, 0.15) is 12.8 Å². The van der Waals surface area contributed by atoms with Gasteiger partial charge in [-0.1, -0.05) is 36.0 Å². The van der Waals surface area contributed by atoms with Crippen molar-refractivity contribution in [3.05, 3.63) is 36.4 Å². The normalized spacial score (nSPS) is 16.6. The van der Waals surface area contributed by atoms with Gasteiger partial charge in [0.15, 0.2) is 5.17 Å². The minimum atomic E-state index is -0.176. The standard InChI is InChI=1S/C20H21N3O3S/c1-26-19(25)14-8-10-23(11-9-14)17(24)12-27-20-21-15-6-2-4-13-5-3-7-16(22-20)18(13)15/h2-7,14H,8-12H2,1H3,(H,21,22). The first kappa shape index (κ1) is 17.9. The molecule has 0 bridgehead atoms. The fourth-order valence-electron chi connectivity index (χ4n) is 3.59. The number of methoxy groups -OCH3 is 1. The van der Waals surface area contributed by atoms with E-state index in [4.69, 9.17) is 4.74 Å². The van der Waals surface area contributed by atoms with Gasteiger partial charge in [-0.15, -0.1) is 0 Å². The number of piperidine rings is 1. The lowest BCUT2D eigenvalue weighted by Crippen LogP contribution is -2.41. The zero-order valence-corrected chi connectivity index (χ0v) is 15.9. The highest BCUT2D eigenvalue weighted by Crippen LogP contribution is 2.36. The Hall–Kier alpha value is -2.54. The molecule has 0 saturated carbocycles. The van der Waals surface area contributed by atoms with Crippen LogP contribution >= 0.6 is 11.8 Å². The van der Waals surface area contributed by atoms with Crippen molar-refractivity contribution in [1.82, 2.24) is 4.90 Å². The molecule has 140 valence electrons. The van der Waals surface area contributed by atoms with Crippen LogP contribution in [-0.4, -0.2) is 47.9 Å². The quantitative estimate of drug-likeness (QED) is 0.823. The van der Waals surface area contributed by atoms with Gasteiger partial charge in [0.1, 0.15) is 0 Å².